The van der Waals surface area contributed by atoms with E-state index in [1.165, 1.54) is 32.1 Å². The van der Waals surface area contributed by atoms with Crippen LogP contribution in [0.2, 0.25) is 0 Å². The van der Waals surface area contributed by atoms with Gasteiger partial charge in [-0.15, -0.1) is 0 Å². The highest BCUT2D eigenvalue weighted by molar-refractivity contribution is 5.93. The minimum absolute atomic E-state index is 0.0206. The van der Waals surface area contributed by atoms with Gasteiger partial charge in [0.25, 0.3) is 0 Å². The zero-order valence-electron chi connectivity index (χ0n) is 13.6. The van der Waals surface area contributed by atoms with Crippen LogP contribution in [0.4, 0.5) is 0 Å². The second-order valence-corrected chi connectivity index (χ2v) is 6.67. The van der Waals surface area contributed by atoms with Gasteiger partial charge in [-0.2, -0.15) is 0 Å². The molecular weight excluding hydrogens is 264 g/mol. The molecule has 1 N–H and O–H groups in total. The number of nitrogens with one attached hydrogen (secondary N) is 1. The van der Waals surface area contributed by atoms with Gasteiger partial charge in [0, 0.05) is 19.5 Å². The summed E-state index contributed by atoms with van der Waals surface area (Å²) in [6, 6.07) is 0. The van der Waals surface area contributed by atoms with Crippen molar-refractivity contribution in [1.82, 2.24) is 10.2 Å². The summed E-state index contributed by atoms with van der Waals surface area (Å²) in [5, 5.41) is 2.98. The van der Waals surface area contributed by atoms with Crippen LogP contribution < -0.4 is 5.32 Å². The molecule has 0 aromatic rings. The van der Waals surface area contributed by atoms with Crippen molar-refractivity contribution in [3.05, 3.63) is 0 Å². The van der Waals surface area contributed by atoms with E-state index in [1.807, 2.05) is 18.7 Å². The van der Waals surface area contributed by atoms with E-state index in [1.54, 1.807) is 0 Å². The summed E-state index contributed by atoms with van der Waals surface area (Å²) in [4.78, 5) is 26.7. The first-order valence-corrected chi connectivity index (χ1v) is 8.71. The van der Waals surface area contributed by atoms with Crippen molar-refractivity contribution in [3.63, 3.8) is 0 Å². The fourth-order valence-electron chi connectivity index (χ4n) is 3.78. The number of carbonyl (C=O) groups is 2. The van der Waals surface area contributed by atoms with Gasteiger partial charge >= 0.3 is 0 Å². The average molecular weight is 294 g/mol. The molecule has 0 atom stereocenters. The predicted molar refractivity (Wildman–Crippen MR) is 83.8 cm³/mol. The molecule has 120 valence electrons. The molecule has 1 aliphatic heterocycles. The maximum absolute atomic E-state index is 12.9. The summed E-state index contributed by atoms with van der Waals surface area (Å²) < 4.78 is 0. The van der Waals surface area contributed by atoms with Crippen molar-refractivity contribution in [2.24, 2.45) is 5.92 Å². The molecular formula is C17H30N2O2. The standard InChI is InChI=1S/C17H30N2O2/c1-3-17(4-2)16(21)19(13-11-15(20)18-17)12-10-14-8-6-5-7-9-14/h14H,3-13H2,1-2H3,(H,18,20). The molecule has 0 spiro atoms. The van der Waals surface area contributed by atoms with Crippen molar-refractivity contribution in [2.75, 3.05) is 13.1 Å². The minimum atomic E-state index is -0.667. The first kappa shape index (κ1) is 16.3. The molecule has 4 nitrogen and oxygen atoms in total. The summed E-state index contributed by atoms with van der Waals surface area (Å²) in [5.41, 5.74) is -0.667. The van der Waals surface area contributed by atoms with E-state index in [0.29, 0.717) is 25.8 Å². The van der Waals surface area contributed by atoms with Gasteiger partial charge < -0.3 is 10.2 Å². The summed E-state index contributed by atoms with van der Waals surface area (Å²) in [6.45, 7) is 5.39. The molecule has 1 aliphatic carbocycles. The van der Waals surface area contributed by atoms with Crippen LogP contribution in [0.3, 0.4) is 0 Å². The lowest BCUT2D eigenvalue weighted by Gasteiger charge is -2.34. The van der Waals surface area contributed by atoms with Gasteiger partial charge in [-0.1, -0.05) is 46.0 Å². The Hall–Kier alpha value is -1.06. The first-order chi connectivity index (χ1) is 10.1. The number of nitrogens with zero attached hydrogens (tertiary/aromatic N) is 1. The van der Waals surface area contributed by atoms with Gasteiger partial charge in [-0.25, -0.2) is 0 Å². The van der Waals surface area contributed by atoms with Gasteiger partial charge in [0.15, 0.2) is 0 Å². The van der Waals surface area contributed by atoms with Crippen molar-refractivity contribution < 1.29 is 9.59 Å². The largest absolute Gasteiger partial charge is 0.342 e. The number of carbonyl (C=O) groups excluding carboxylic acids is 2. The number of rotatable bonds is 5. The van der Waals surface area contributed by atoms with Gasteiger partial charge in [-0.3, -0.25) is 9.59 Å². The fourth-order valence-corrected chi connectivity index (χ4v) is 3.78. The molecule has 1 saturated heterocycles. The smallest absolute Gasteiger partial charge is 0.248 e. The molecule has 0 radical (unpaired) electrons. The molecule has 2 aliphatic rings. The van der Waals surface area contributed by atoms with Gasteiger partial charge in [-0.05, 0) is 25.2 Å². The Kier molecular flexibility index (Phi) is 5.65. The molecule has 0 bridgehead atoms. The zero-order chi connectivity index (χ0) is 15.3. The highest BCUT2D eigenvalue weighted by Crippen LogP contribution is 2.28. The normalized spacial score (nSPS) is 23.8. The van der Waals surface area contributed by atoms with E-state index in [4.69, 9.17) is 0 Å². The predicted octanol–water partition coefficient (Wildman–Crippen LogP) is 2.86. The average Bonchev–Trinajstić information content (AvgIpc) is 2.64. The topological polar surface area (TPSA) is 49.4 Å². The Morgan fingerprint density at radius 1 is 1.14 bits per heavy atom. The van der Waals surface area contributed by atoms with Crippen molar-refractivity contribution in [1.29, 1.82) is 0 Å². The van der Waals surface area contributed by atoms with Crippen LogP contribution in [0.5, 0.6) is 0 Å². The minimum Gasteiger partial charge on any atom is -0.342 e. The van der Waals surface area contributed by atoms with E-state index in [9.17, 15) is 9.59 Å². The van der Waals surface area contributed by atoms with Crippen LogP contribution in [-0.4, -0.2) is 35.3 Å². The molecule has 21 heavy (non-hydrogen) atoms. The van der Waals surface area contributed by atoms with Crippen LogP contribution in [-0.2, 0) is 9.59 Å². The lowest BCUT2D eigenvalue weighted by molar-refractivity contribution is -0.139. The van der Waals surface area contributed by atoms with E-state index >= 15 is 0 Å². The number of hydrogen-bond acceptors (Lipinski definition) is 2. The lowest BCUT2D eigenvalue weighted by atomic mass is 9.86. The van der Waals surface area contributed by atoms with E-state index < -0.39 is 5.54 Å². The van der Waals surface area contributed by atoms with Crippen molar-refractivity contribution >= 4 is 11.8 Å². The van der Waals surface area contributed by atoms with E-state index in [0.717, 1.165) is 18.9 Å². The second kappa shape index (κ2) is 7.28. The quantitative estimate of drug-likeness (QED) is 0.847. The molecule has 0 aromatic heterocycles. The fraction of sp³-hybridized carbons (Fsp3) is 0.882. The second-order valence-electron chi connectivity index (χ2n) is 6.67. The molecule has 4 heteroatoms. The number of hydrogen-bond donors (Lipinski definition) is 1. The Labute approximate surface area is 128 Å². The van der Waals surface area contributed by atoms with Crippen molar-refractivity contribution in [2.45, 2.75) is 77.2 Å². The molecule has 2 amide bonds. The maximum Gasteiger partial charge on any atom is 0.248 e. The van der Waals surface area contributed by atoms with Gasteiger partial charge in [0.1, 0.15) is 5.54 Å². The van der Waals surface area contributed by atoms with Crippen molar-refractivity contribution in [3.8, 4) is 0 Å². The Morgan fingerprint density at radius 3 is 2.43 bits per heavy atom. The third-order valence-corrected chi connectivity index (χ3v) is 5.42. The Balaban J connectivity index is 1.99. The summed E-state index contributed by atoms with van der Waals surface area (Å²) in [6.07, 6.45) is 9.56. The molecule has 0 unspecified atom stereocenters. The molecule has 2 rings (SSSR count). The van der Waals surface area contributed by atoms with E-state index in [-0.39, 0.29) is 11.8 Å². The highest BCUT2D eigenvalue weighted by Gasteiger charge is 2.41. The molecule has 2 fully saturated rings. The lowest BCUT2D eigenvalue weighted by Crippen LogP contribution is -2.56. The van der Waals surface area contributed by atoms with E-state index in [2.05, 4.69) is 5.32 Å². The molecule has 1 heterocycles. The Bertz CT molecular complexity index is 371. The maximum atomic E-state index is 12.9. The monoisotopic (exact) mass is 294 g/mol. The summed E-state index contributed by atoms with van der Waals surface area (Å²) in [5.74, 6) is 0.928. The highest BCUT2D eigenvalue weighted by atomic mass is 16.2. The zero-order valence-corrected chi connectivity index (χ0v) is 13.6. The van der Waals surface area contributed by atoms with Crippen LogP contribution in [0.15, 0.2) is 0 Å². The van der Waals surface area contributed by atoms with Crippen LogP contribution in [0.25, 0.3) is 0 Å². The Morgan fingerprint density at radius 2 is 1.81 bits per heavy atom. The third-order valence-electron chi connectivity index (χ3n) is 5.42. The third kappa shape index (κ3) is 3.78. The van der Waals surface area contributed by atoms with Crippen LogP contribution >= 0.6 is 0 Å². The molecule has 1 saturated carbocycles. The van der Waals surface area contributed by atoms with Gasteiger partial charge in [0.2, 0.25) is 11.8 Å². The molecule has 0 aromatic carbocycles. The first-order valence-electron chi connectivity index (χ1n) is 8.71. The van der Waals surface area contributed by atoms with Gasteiger partial charge in [0.05, 0.1) is 0 Å². The number of amides is 2. The summed E-state index contributed by atoms with van der Waals surface area (Å²) in [7, 11) is 0. The summed E-state index contributed by atoms with van der Waals surface area (Å²) >= 11 is 0. The van der Waals surface area contributed by atoms with Crippen LogP contribution in [0, 0.1) is 5.92 Å². The van der Waals surface area contributed by atoms with Crippen LogP contribution in [0.1, 0.15) is 71.6 Å². The SMILES string of the molecule is CCC1(CC)NC(=O)CCN(CCC2CCCCC2)C1=O.